The van der Waals surface area contributed by atoms with Crippen LogP contribution in [0.1, 0.15) is 19.8 Å². The molecule has 1 heterocycles. The Kier molecular flexibility index (Phi) is 5.43. The zero-order valence-electron chi connectivity index (χ0n) is 12.1. The molecule has 1 aromatic rings. The Hall–Kier alpha value is -2.24. The van der Waals surface area contributed by atoms with E-state index >= 15 is 0 Å². The largest absolute Gasteiger partial charge is 0.486 e. The Morgan fingerprint density at radius 1 is 1.19 bits per heavy atom. The highest BCUT2D eigenvalue weighted by molar-refractivity contribution is 6.35. The van der Waals surface area contributed by atoms with E-state index in [9.17, 15) is 9.59 Å². The first-order valence-corrected chi connectivity index (χ1v) is 7.15. The third-order valence-corrected chi connectivity index (χ3v) is 3.08. The summed E-state index contributed by atoms with van der Waals surface area (Å²) in [6, 6.07) is 7.35. The van der Waals surface area contributed by atoms with Crippen molar-refractivity contribution in [3.05, 3.63) is 24.3 Å². The summed E-state index contributed by atoms with van der Waals surface area (Å²) >= 11 is 0. The fourth-order valence-corrected chi connectivity index (χ4v) is 1.91. The minimum atomic E-state index is -0.645. The molecule has 0 spiro atoms. The van der Waals surface area contributed by atoms with Crippen molar-refractivity contribution in [2.24, 2.45) is 0 Å². The number of hydrogen-bond acceptors (Lipinski definition) is 4. The number of unbranched alkanes of at least 4 members (excludes halogenated alkanes) is 1. The lowest BCUT2D eigenvalue weighted by molar-refractivity contribution is -0.139. The molecular formula is C15H20N2O4. The van der Waals surface area contributed by atoms with Gasteiger partial charge in [0, 0.05) is 6.54 Å². The molecule has 0 unspecified atom stereocenters. The number of hydrogen-bond donors (Lipinski definition) is 2. The van der Waals surface area contributed by atoms with Crippen LogP contribution >= 0.6 is 0 Å². The van der Waals surface area contributed by atoms with Crippen LogP contribution in [0.25, 0.3) is 0 Å². The highest BCUT2D eigenvalue weighted by Crippen LogP contribution is 2.30. The summed E-state index contributed by atoms with van der Waals surface area (Å²) in [4.78, 5) is 23.1. The molecule has 1 aliphatic rings. The highest BCUT2D eigenvalue weighted by Gasteiger charge is 2.22. The summed E-state index contributed by atoms with van der Waals surface area (Å²) in [6.07, 6.45) is 1.52. The molecule has 2 amide bonds. The van der Waals surface area contributed by atoms with Gasteiger partial charge in [0.05, 0.1) is 6.54 Å². The second-order valence-electron chi connectivity index (χ2n) is 4.82. The molecule has 2 rings (SSSR count). The third-order valence-electron chi connectivity index (χ3n) is 3.08. The van der Waals surface area contributed by atoms with Gasteiger partial charge in [0.15, 0.2) is 11.5 Å². The van der Waals surface area contributed by atoms with E-state index in [0.717, 1.165) is 12.8 Å². The summed E-state index contributed by atoms with van der Waals surface area (Å²) < 4.78 is 11.2. The number of ether oxygens (including phenoxy) is 2. The van der Waals surface area contributed by atoms with Crippen LogP contribution in [0.15, 0.2) is 24.3 Å². The second kappa shape index (κ2) is 7.52. The fraction of sp³-hybridized carbons (Fsp3) is 0.467. The number of carbonyl (C=O) groups is 2. The normalized spacial score (nSPS) is 16.1. The third kappa shape index (κ3) is 4.37. The van der Waals surface area contributed by atoms with E-state index in [-0.39, 0.29) is 12.6 Å². The zero-order chi connectivity index (χ0) is 15.1. The number of amides is 2. The minimum absolute atomic E-state index is 0.231. The molecule has 0 fully saturated rings. The van der Waals surface area contributed by atoms with Crippen molar-refractivity contribution >= 4 is 11.8 Å². The Morgan fingerprint density at radius 2 is 1.90 bits per heavy atom. The van der Waals surface area contributed by atoms with Gasteiger partial charge < -0.3 is 20.1 Å². The Bertz CT molecular complexity index is 504. The van der Waals surface area contributed by atoms with Gasteiger partial charge in [-0.1, -0.05) is 25.5 Å². The maximum atomic E-state index is 11.6. The molecule has 2 N–H and O–H groups in total. The lowest BCUT2D eigenvalue weighted by atomic mass is 10.2. The van der Waals surface area contributed by atoms with E-state index in [1.807, 2.05) is 25.1 Å². The van der Waals surface area contributed by atoms with Gasteiger partial charge in [0.25, 0.3) is 0 Å². The van der Waals surface area contributed by atoms with Gasteiger partial charge in [0.2, 0.25) is 0 Å². The van der Waals surface area contributed by atoms with E-state index in [4.69, 9.17) is 9.47 Å². The lowest BCUT2D eigenvalue weighted by Crippen LogP contribution is -2.46. The molecule has 21 heavy (non-hydrogen) atoms. The summed E-state index contributed by atoms with van der Waals surface area (Å²) in [5.74, 6) is 0.0851. The van der Waals surface area contributed by atoms with Crippen molar-refractivity contribution in [2.75, 3.05) is 19.7 Å². The molecule has 114 valence electrons. The summed E-state index contributed by atoms with van der Waals surface area (Å²) in [5.41, 5.74) is 0. The average Bonchev–Trinajstić information content (AvgIpc) is 2.52. The molecule has 0 aliphatic carbocycles. The van der Waals surface area contributed by atoms with Crippen molar-refractivity contribution in [1.29, 1.82) is 0 Å². The molecular weight excluding hydrogens is 272 g/mol. The summed E-state index contributed by atoms with van der Waals surface area (Å²) in [7, 11) is 0. The van der Waals surface area contributed by atoms with E-state index in [2.05, 4.69) is 10.6 Å². The molecule has 0 saturated carbocycles. The standard InChI is InChI=1S/C15H20N2O4/c1-2-3-8-16-14(18)15(19)17-9-11-10-20-12-6-4-5-7-13(12)21-11/h4-7,11H,2-3,8-10H2,1H3,(H,16,18)(H,17,19)/t11-/m0/s1. The minimum Gasteiger partial charge on any atom is -0.486 e. The van der Waals surface area contributed by atoms with E-state index in [1.165, 1.54) is 0 Å². The lowest BCUT2D eigenvalue weighted by Gasteiger charge is -2.26. The van der Waals surface area contributed by atoms with Gasteiger partial charge in [-0.3, -0.25) is 9.59 Å². The van der Waals surface area contributed by atoms with Gasteiger partial charge in [-0.15, -0.1) is 0 Å². The van der Waals surface area contributed by atoms with E-state index in [0.29, 0.717) is 24.7 Å². The topological polar surface area (TPSA) is 76.7 Å². The van der Waals surface area contributed by atoms with Crippen molar-refractivity contribution < 1.29 is 19.1 Å². The maximum absolute atomic E-state index is 11.6. The van der Waals surface area contributed by atoms with Crippen LogP contribution in [0.4, 0.5) is 0 Å². The van der Waals surface area contributed by atoms with Crippen LogP contribution in [0.3, 0.4) is 0 Å². The van der Waals surface area contributed by atoms with Gasteiger partial charge in [-0.2, -0.15) is 0 Å². The molecule has 0 saturated heterocycles. The van der Waals surface area contributed by atoms with Gasteiger partial charge in [0.1, 0.15) is 12.7 Å². The van der Waals surface area contributed by atoms with Crippen LogP contribution < -0.4 is 20.1 Å². The number of nitrogens with one attached hydrogen (secondary N) is 2. The van der Waals surface area contributed by atoms with E-state index in [1.54, 1.807) is 6.07 Å². The van der Waals surface area contributed by atoms with Crippen LogP contribution in [0.2, 0.25) is 0 Å². The first-order valence-electron chi connectivity index (χ1n) is 7.15. The predicted molar refractivity (Wildman–Crippen MR) is 77.3 cm³/mol. The Morgan fingerprint density at radius 3 is 2.67 bits per heavy atom. The molecule has 1 aliphatic heterocycles. The monoisotopic (exact) mass is 292 g/mol. The fourth-order valence-electron chi connectivity index (χ4n) is 1.91. The molecule has 1 atom stereocenters. The van der Waals surface area contributed by atoms with Crippen LogP contribution in [0, 0.1) is 0 Å². The first-order chi connectivity index (χ1) is 10.2. The average molecular weight is 292 g/mol. The van der Waals surface area contributed by atoms with Crippen molar-refractivity contribution in [3.63, 3.8) is 0 Å². The number of para-hydroxylation sites is 2. The van der Waals surface area contributed by atoms with Crippen molar-refractivity contribution in [2.45, 2.75) is 25.9 Å². The molecule has 6 heteroatoms. The van der Waals surface area contributed by atoms with Crippen LogP contribution in [-0.2, 0) is 9.59 Å². The Balaban J connectivity index is 1.74. The van der Waals surface area contributed by atoms with Gasteiger partial charge >= 0.3 is 11.8 Å². The Labute approximate surface area is 123 Å². The number of rotatable bonds is 5. The number of fused-ring (bicyclic) bond motifs is 1. The number of benzene rings is 1. The van der Waals surface area contributed by atoms with Gasteiger partial charge in [-0.25, -0.2) is 0 Å². The van der Waals surface area contributed by atoms with Crippen molar-refractivity contribution in [1.82, 2.24) is 10.6 Å². The summed E-state index contributed by atoms with van der Waals surface area (Å²) in [6.45, 7) is 3.10. The SMILES string of the molecule is CCCCNC(=O)C(=O)NC[C@H]1COc2ccccc2O1. The molecule has 0 radical (unpaired) electrons. The highest BCUT2D eigenvalue weighted by atomic mass is 16.6. The summed E-state index contributed by atoms with van der Waals surface area (Å²) in [5, 5.41) is 5.12. The maximum Gasteiger partial charge on any atom is 0.309 e. The molecule has 6 nitrogen and oxygen atoms in total. The first kappa shape index (κ1) is 15.2. The molecule has 0 bridgehead atoms. The second-order valence-corrected chi connectivity index (χ2v) is 4.82. The van der Waals surface area contributed by atoms with Crippen molar-refractivity contribution in [3.8, 4) is 11.5 Å². The zero-order valence-corrected chi connectivity index (χ0v) is 12.1. The number of carbonyl (C=O) groups excluding carboxylic acids is 2. The molecule has 1 aromatic carbocycles. The van der Waals surface area contributed by atoms with Gasteiger partial charge in [-0.05, 0) is 18.6 Å². The smallest absolute Gasteiger partial charge is 0.309 e. The quantitative estimate of drug-likeness (QED) is 0.623. The van der Waals surface area contributed by atoms with Crippen LogP contribution in [0.5, 0.6) is 11.5 Å². The van der Waals surface area contributed by atoms with E-state index < -0.39 is 11.8 Å². The predicted octanol–water partition coefficient (Wildman–Crippen LogP) is 0.859. The molecule has 0 aromatic heterocycles. The van der Waals surface area contributed by atoms with Crippen LogP contribution in [-0.4, -0.2) is 37.6 Å².